The number of carboxylic acid groups (broad SMARTS) is 2. The molecular formula is C12H13ClN2O5. The molecule has 108 valence electrons. The maximum Gasteiger partial charge on any atom is 0.326 e. The molecule has 0 aromatic heterocycles. The van der Waals surface area contributed by atoms with Crippen LogP contribution in [0.2, 0.25) is 5.02 Å². The molecule has 0 bridgehead atoms. The van der Waals surface area contributed by atoms with Gasteiger partial charge in [-0.15, -0.1) is 0 Å². The summed E-state index contributed by atoms with van der Waals surface area (Å²) >= 11 is 5.74. The lowest BCUT2D eigenvalue weighted by Crippen LogP contribution is -2.43. The first-order valence-corrected chi connectivity index (χ1v) is 6.04. The van der Waals surface area contributed by atoms with Gasteiger partial charge in [0, 0.05) is 17.1 Å². The number of amides is 2. The molecule has 2 amide bonds. The Balaban J connectivity index is 2.57. The number of benzene rings is 1. The second-order valence-electron chi connectivity index (χ2n) is 3.93. The van der Waals surface area contributed by atoms with Gasteiger partial charge in [-0.25, -0.2) is 9.59 Å². The maximum absolute atomic E-state index is 11.6. The number of rotatable bonds is 6. The summed E-state index contributed by atoms with van der Waals surface area (Å²) < 4.78 is 0. The molecule has 1 aromatic rings. The van der Waals surface area contributed by atoms with E-state index in [4.69, 9.17) is 21.8 Å². The van der Waals surface area contributed by atoms with E-state index in [9.17, 15) is 14.4 Å². The number of anilines is 1. The van der Waals surface area contributed by atoms with E-state index in [1.54, 1.807) is 18.2 Å². The first-order chi connectivity index (χ1) is 9.38. The highest BCUT2D eigenvalue weighted by atomic mass is 35.5. The third-order valence-electron chi connectivity index (χ3n) is 2.33. The molecule has 0 saturated heterocycles. The third-order valence-corrected chi connectivity index (χ3v) is 2.57. The minimum Gasteiger partial charge on any atom is -0.481 e. The summed E-state index contributed by atoms with van der Waals surface area (Å²) in [6.07, 6.45) is -0.554. The SMILES string of the molecule is O=C(O)CCC(NC(=O)Nc1cccc(Cl)c1)C(=O)O. The molecule has 7 nitrogen and oxygen atoms in total. The van der Waals surface area contributed by atoms with Gasteiger partial charge in [0.2, 0.25) is 0 Å². The number of carboxylic acids is 2. The van der Waals surface area contributed by atoms with E-state index >= 15 is 0 Å². The summed E-state index contributed by atoms with van der Waals surface area (Å²) in [6, 6.07) is 4.30. The summed E-state index contributed by atoms with van der Waals surface area (Å²) in [5.41, 5.74) is 0.400. The minimum absolute atomic E-state index is 0.201. The van der Waals surface area contributed by atoms with Crippen molar-refractivity contribution in [1.82, 2.24) is 5.32 Å². The third kappa shape index (κ3) is 5.57. The number of carbonyl (C=O) groups is 3. The summed E-state index contributed by atoms with van der Waals surface area (Å²) in [5.74, 6) is -2.43. The van der Waals surface area contributed by atoms with Crippen molar-refractivity contribution in [2.75, 3.05) is 5.32 Å². The number of aliphatic carboxylic acids is 2. The van der Waals surface area contributed by atoms with Crippen LogP contribution in [0.25, 0.3) is 0 Å². The second kappa shape index (κ2) is 7.34. The van der Waals surface area contributed by atoms with Gasteiger partial charge in [0.15, 0.2) is 0 Å². The molecule has 1 atom stereocenters. The molecule has 1 aromatic carbocycles. The fourth-order valence-electron chi connectivity index (χ4n) is 1.42. The zero-order valence-electron chi connectivity index (χ0n) is 10.3. The molecule has 0 saturated carbocycles. The molecule has 20 heavy (non-hydrogen) atoms. The summed E-state index contributed by atoms with van der Waals surface area (Å²) in [5, 5.41) is 22.4. The van der Waals surface area contributed by atoms with Gasteiger partial charge in [-0.05, 0) is 24.6 Å². The predicted molar refractivity (Wildman–Crippen MR) is 71.9 cm³/mol. The highest BCUT2D eigenvalue weighted by Gasteiger charge is 2.20. The van der Waals surface area contributed by atoms with Crippen molar-refractivity contribution in [3.8, 4) is 0 Å². The maximum atomic E-state index is 11.6. The summed E-state index contributed by atoms with van der Waals surface area (Å²) in [4.78, 5) is 32.9. The van der Waals surface area contributed by atoms with Crippen molar-refractivity contribution in [3.63, 3.8) is 0 Å². The van der Waals surface area contributed by atoms with Gasteiger partial charge < -0.3 is 20.8 Å². The molecule has 0 radical (unpaired) electrons. The van der Waals surface area contributed by atoms with E-state index < -0.39 is 24.0 Å². The standard InChI is InChI=1S/C12H13ClN2O5/c13-7-2-1-3-8(6-7)14-12(20)15-9(11(18)19)4-5-10(16)17/h1-3,6,9H,4-5H2,(H,16,17)(H,18,19)(H2,14,15,20). The number of urea groups is 1. The average Bonchev–Trinajstić information content (AvgIpc) is 2.33. The van der Waals surface area contributed by atoms with Gasteiger partial charge in [0.25, 0.3) is 0 Å². The lowest BCUT2D eigenvalue weighted by atomic mass is 10.1. The summed E-state index contributed by atoms with van der Waals surface area (Å²) in [6.45, 7) is 0. The first-order valence-electron chi connectivity index (χ1n) is 5.66. The van der Waals surface area contributed by atoms with Crippen LogP contribution in [0.3, 0.4) is 0 Å². The molecule has 0 spiro atoms. The van der Waals surface area contributed by atoms with Crippen LogP contribution in [0.15, 0.2) is 24.3 Å². The average molecular weight is 301 g/mol. The Morgan fingerprint density at radius 2 is 1.95 bits per heavy atom. The molecular weight excluding hydrogens is 288 g/mol. The van der Waals surface area contributed by atoms with Crippen LogP contribution in [0.4, 0.5) is 10.5 Å². The summed E-state index contributed by atoms with van der Waals surface area (Å²) in [7, 11) is 0. The molecule has 0 aliphatic carbocycles. The number of hydrogen-bond acceptors (Lipinski definition) is 3. The highest BCUT2D eigenvalue weighted by molar-refractivity contribution is 6.30. The van der Waals surface area contributed by atoms with Crippen LogP contribution in [-0.4, -0.2) is 34.2 Å². The van der Waals surface area contributed by atoms with E-state index in [0.29, 0.717) is 10.7 Å². The number of nitrogens with one attached hydrogen (secondary N) is 2. The molecule has 4 N–H and O–H groups in total. The topological polar surface area (TPSA) is 116 Å². The molecule has 0 aliphatic heterocycles. The largest absolute Gasteiger partial charge is 0.481 e. The monoisotopic (exact) mass is 300 g/mol. The van der Waals surface area contributed by atoms with Crippen molar-refractivity contribution in [3.05, 3.63) is 29.3 Å². The van der Waals surface area contributed by atoms with E-state index in [2.05, 4.69) is 10.6 Å². The zero-order chi connectivity index (χ0) is 15.1. The highest BCUT2D eigenvalue weighted by Crippen LogP contribution is 2.14. The molecule has 0 heterocycles. The first kappa shape index (κ1) is 15.8. The fourth-order valence-corrected chi connectivity index (χ4v) is 1.61. The lowest BCUT2D eigenvalue weighted by molar-refractivity contribution is -0.140. The molecule has 1 rings (SSSR count). The molecule has 1 unspecified atom stereocenters. The smallest absolute Gasteiger partial charge is 0.326 e. The lowest BCUT2D eigenvalue weighted by Gasteiger charge is -2.14. The van der Waals surface area contributed by atoms with Crippen molar-refractivity contribution in [1.29, 1.82) is 0 Å². The van der Waals surface area contributed by atoms with Crippen LogP contribution in [0, 0.1) is 0 Å². The molecule has 0 fully saturated rings. The molecule has 8 heteroatoms. The van der Waals surface area contributed by atoms with Crippen molar-refractivity contribution < 1.29 is 24.6 Å². The van der Waals surface area contributed by atoms with E-state index in [1.165, 1.54) is 6.07 Å². The van der Waals surface area contributed by atoms with Crippen LogP contribution in [0.5, 0.6) is 0 Å². The van der Waals surface area contributed by atoms with Crippen molar-refractivity contribution in [2.24, 2.45) is 0 Å². The van der Waals surface area contributed by atoms with Gasteiger partial charge in [-0.2, -0.15) is 0 Å². The van der Waals surface area contributed by atoms with Crippen molar-refractivity contribution >= 4 is 35.3 Å². The second-order valence-corrected chi connectivity index (χ2v) is 4.37. The predicted octanol–water partition coefficient (Wildman–Crippen LogP) is 1.78. The Hall–Kier alpha value is -2.28. The van der Waals surface area contributed by atoms with Crippen LogP contribution < -0.4 is 10.6 Å². The van der Waals surface area contributed by atoms with Crippen LogP contribution >= 0.6 is 11.6 Å². The number of hydrogen-bond donors (Lipinski definition) is 4. The van der Waals surface area contributed by atoms with Gasteiger partial charge in [-0.3, -0.25) is 4.79 Å². The van der Waals surface area contributed by atoms with Crippen molar-refractivity contribution in [2.45, 2.75) is 18.9 Å². The quantitative estimate of drug-likeness (QED) is 0.639. The Morgan fingerprint density at radius 1 is 1.25 bits per heavy atom. The minimum atomic E-state index is -1.30. The Bertz CT molecular complexity index is 520. The van der Waals surface area contributed by atoms with E-state index in [-0.39, 0.29) is 12.8 Å². The number of carbonyl (C=O) groups excluding carboxylic acids is 1. The van der Waals surface area contributed by atoms with E-state index in [1.807, 2.05) is 0 Å². The van der Waals surface area contributed by atoms with Gasteiger partial charge in [0.1, 0.15) is 6.04 Å². The van der Waals surface area contributed by atoms with Gasteiger partial charge in [-0.1, -0.05) is 17.7 Å². The Morgan fingerprint density at radius 3 is 2.50 bits per heavy atom. The van der Waals surface area contributed by atoms with Gasteiger partial charge >= 0.3 is 18.0 Å². The Kier molecular flexibility index (Phi) is 5.79. The van der Waals surface area contributed by atoms with Crippen LogP contribution in [-0.2, 0) is 9.59 Å². The molecule has 0 aliphatic rings. The number of halogens is 1. The zero-order valence-corrected chi connectivity index (χ0v) is 11.1. The van der Waals surface area contributed by atoms with Gasteiger partial charge in [0.05, 0.1) is 0 Å². The fraction of sp³-hybridized carbons (Fsp3) is 0.250. The van der Waals surface area contributed by atoms with Crippen LogP contribution in [0.1, 0.15) is 12.8 Å². The van der Waals surface area contributed by atoms with E-state index in [0.717, 1.165) is 0 Å². The Labute approximate surface area is 119 Å². The normalized spacial score (nSPS) is 11.4.